The number of nitrogens with one attached hydrogen (secondary N) is 1. The van der Waals surface area contributed by atoms with Crippen LogP contribution >= 0.6 is 0 Å². The molecule has 10 nitrogen and oxygen atoms in total. The molecule has 30 heavy (non-hydrogen) atoms. The molecule has 2 N–H and O–H groups in total. The van der Waals surface area contributed by atoms with E-state index in [4.69, 9.17) is 9.47 Å². The molecule has 0 aliphatic heterocycles. The average Bonchev–Trinajstić information content (AvgIpc) is 2.74. The first-order valence-electron chi connectivity index (χ1n) is 8.85. The lowest BCUT2D eigenvalue weighted by Crippen LogP contribution is -2.25. The third kappa shape index (κ3) is 4.27. The number of para-hydroxylation sites is 2. The summed E-state index contributed by atoms with van der Waals surface area (Å²) in [7, 11) is 1.43. The van der Waals surface area contributed by atoms with Gasteiger partial charge in [0.2, 0.25) is 0 Å². The number of carbonyl (C=O) groups is 2. The zero-order valence-corrected chi connectivity index (χ0v) is 16.2. The number of methoxy groups -OCH3 is 1. The van der Waals surface area contributed by atoms with Crippen molar-refractivity contribution in [2.75, 3.05) is 19.0 Å². The highest BCUT2D eigenvalue weighted by Crippen LogP contribution is 2.21. The Kier molecular flexibility index (Phi) is 6.06. The molecule has 0 spiro atoms. The van der Waals surface area contributed by atoms with E-state index in [9.17, 15) is 19.5 Å². The van der Waals surface area contributed by atoms with Crippen LogP contribution in [-0.2, 0) is 4.74 Å². The van der Waals surface area contributed by atoms with E-state index in [-0.39, 0.29) is 18.0 Å². The van der Waals surface area contributed by atoms with Gasteiger partial charge in [-0.05, 0) is 31.2 Å². The van der Waals surface area contributed by atoms with E-state index in [1.54, 1.807) is 31.2 Å². The molecule has 2 heterocycles. The highest BCUT2D eigenvalue weighted by Gasteiger charge is 2.19. The minimum absolute atomic E-state index is 0.0433. The van der Waals surface area contributed by atoms with Crippen LogP contribution in [0.5, 0.6) is 11.5 Å². The van der Waals surface area contributed by atoms with Gasteiger partial charge >= 0.3 is 5.97 Å². The summed E-state index contributed by atoms with van der Waals surface area (Å²) in [6, 6.07) is 10.2. The molecule has 1 amide bonds. The zero-order chi connectivity index (χ0) is 21.7. The number of esters is 1. The van der Waals surface area contributed by atoms with Gasteiger partial charge in [0.1, 0.15) is 17.3 Å². The van der Waals surface area contributed by atoms with Crippen LogP contribution < -0.4 is 15.6 Å². The molecule has 3 rings (SSSR count). The number of aromatic nitrogens is 3. The molecular weight excluding hydrogens is 392 g/mol. The van der Waals surface area contributed by atoms with Crippen LogP contribution in [0.2, 0.25) is 0 Å². The number of aromatic hydroxyl groups is 1. The van der Waals surface area contributed by atoms with E-state index in [1.807, 2.05) is 0 Å². The lowest BCUT2D eigenvalue weighted by molar-refractivity contribution is 0.0526. The van der Waals surface area contributed by atoms with E-state index in [0.29, 0.717) is 11.4 Å². The van der Waals surface area contributed by atoms with Gasteiger partial charge in [0.15, 0.2) is 11.4 Å². The number of amides is 1. The van der Waals surface area contributed by atoms with Gasteiger partial charge in [0.25, 0.3) is 11.5 Å². The average molecular weight is 410 g/mol. The van der Waals surface area contributed by atoms with Crippen molar-refractivity contribution < 1.29 is 24.2 Å². The molecule has 3 aromatic rings. The molecule has 0 saturated carbocycles. The first-order valence-corrected chi connectivity index (χ1v) is 8.85. The number of hydrogen-bond acceptors (Lipinski definition) is 8. The predicted molar refractivity (Wildman–Crippen MR) is 106 cm³/mol. The van der Waals surface area contributed by atoms with Crippen LogP contribution in [-0.4, -0.2) is 45.5 Å². The number of carbonyl (C=O) groups excluding carboxylic acids is 2. The molecule has 154 valence electrons. The van der Waals surface area contributed by atoms with Crippen molar-refractivity contribution in [3.8, 4) is 17.2 Å². The Labute approximate surface area is 170 Å². The first-order chi connectivity index (χ1) is 14.4. The molecule has 2 aromatic heterocycles. The van der Waals surface area contributed by atoms with E-state index in [0.717, 1.165) is 10.7 Å². The molecule has 1 aromatic carbocycles. The summed E-state index contributed by atoms with van der Waals surface area (Å²) < 4.78 is 11.1. The molecule has 10 heteroatoms. The molecular formula is C20H18N4O6. The van der Waals surface area contributed by atoms with Crippen molar-refractivity contribution in [3.05, 3.63) is 70.3 Å². The third-order valence-corrected chi connectivity index (χ3v) is 3.95. The van der Waals surface area contributed by atoms with Crippen LogP contribution in [0.25, 0.3) is 5.69 Å². The maximum atomic E-state index is 12.7. The minimum atomic E-state index is -0.829. The number of anilines is 1. The highest BCUT2D eigenvalue weighted by atomic mass is 16.5. The van der Waals surface area contributed by atoms with Crippen LogP contribution in [0, 0.1) is 0 Å². The third-order valence-electron chi connectivity index (χ3n) is 3.95. The topological polar surface area (TPSA) is 133 Å². The quantitative estimate of drug-likeness (QED) is 0.588. The van der Waals surface area contributed by atoms with Gasteiger partial charge in [-0.15, -0.1) is 0 Å². The molecule has 0 saturated heterocycles. The maximum absolute atomic E-state index is 12.7. The smallest absolute Gasteiger partial charge is 0.338 e. The molecule has 0 unspecified atom stereocenters. The number of benzene rings is 1. The molecule has 0 fully saturated rings. The van der Waals surface area contributed by atoms with Gasteiger partial charge in [-0.3, -0.25) is 9.59 Å². The molecule has 0 bridgehead atoms. The van der Waals surface area contributed by atoms with Crippen LogP contribution in [0.4, 0.5) is 5.82 Å². The molecule has 0 atom stereocenters. The Hall–Kier alpha value is -4.21. The number of hydrogen-bond donors (Lipinski definition) is 2. The Bertz CT molecular complexity index is 1160. The summed E-state index contributed by atoms with van der Waals surface area (Å²) in [6.07, 6.45) is 1.32. The highest BCUT2D eigenvalue weighted by molar-refractivity contribution is 6.04. The number of nitrogens with zero attached hydrogens (tertiary/aromatic N) is 3. The monoisotopic (exact) mass is 410 g/mol. The van der Waals surface area contributed by atoms with Gasteiger partial charge in [-0.1, -0.05) is 12.1 Å². The summed E-state index contributed by atoms with van der Waals surface area (Å²) in [6.45, 7) is 1.87. The van der Waals surface area contributed by atoms with Gasteiger partial charge in [0.05, 0.1) is 19.3 Å². The van der Waals surface area contributed by atoms with Gasteiger partial charge < -0.3 is 19.9 Å². The second-order valence-corrected chi connectivity index (χ2v) is 5.90. The fraction of sp³-hybridized carbons (Fsp3) is 0.150. The van der Waals surface area contributed by atoms with Crippen molar-refractivity contribution >= 4 is 17.7 Å². The number of ether oxygens (including phenoxy) is 2. The fourth-order valence-corrected chi connectivity index (χ4v) is 2.60. The standard InChI is InChI=1S/C20H18N4O6/c1-3-30-20(28)12-8-9-21-16(10-12)22-19(27)18-14(25)11-17(26)24(23-18)13-6-4-5-7-15(13)29-2/h4-11,25H,3H2,1-2H3,(H,21,22,27). The Morgan fingerprint density at radius 1 is 1.20 bits per heavy atom. The summed E-state index contributed by atoms with van der Waals surface area (Å²) in [4.78, 5) is 40.8. The number of pyridine rings is 1. The minimum Gasteiger partial charge on any atom is -0.505 e. The van der Waals surface area contributed by atoms with Crippen LogP contribution in [0.1, 0.15) is 27.8 Å². The lowest BCUT2D eigenvalue weighted by Gasteiger charge is -2.12. The van der Waals surface area contributed by atoms with Gasteiger partial charge in [-0.2, -0.15) is 9.78 Å². The summed E-state index contributed by atoms with van der Waals surface area (Å²) in [5.41, 5.74) is -0.584. The fourth-order valence-electron chi connectivity index (χ4n) is 2.60. The summed E-state index contributed by atoms with van der Waals surface area (Å²) in [5.74, 6) is -1.61. The second-order valence-electron chi connectivity index (χ2n) is 5.90. The van der Waals surface area contributed by atoms with E-state index >= 15 is 0 Å². The second kappa shape index (κ2) is 8.86. The summed E-state index contributed by atoms with van der Waals surface area (Å²) in [5, 5.41) is 16.5. The SMILES string of the molecule is CCOC(=O)c1ccnc(NC(=O)c2nn(-c3ccccc3OC)c(=O)cc2O)c1. The molecule has 0 aliphatic rings. The van der Waals surface area contributed by atoms with Gasteiger partial charge in [0, 0.05) is 12.3 Å². The maximum Gasteiger partial charge on any atom is 0.338 e. The van der Waals surface area contributed by atoms with Crippen molar-refractivity contribution in [2.45, 2.75) is 6.92 Å². The Morgan fingerprint density at radius 2 is 1.97 bits per heavy atom. The van der Waals surface area contributed by atoms with Gasteiger partial charge in [-0.25, -0.2) is 9.78 Å². The first kappa shape index (κ1) is 20.5. The van der Waals surface area contributed by atoms with Crippen LogP contribution in [0.15, 0.2) is 53.5 Å². The van der Waals surface area contributed by atoms with Crippen molar-refractivity contribution in [3.63, 3.8) is 0 Å². The van der Waals surface area contributed by atoms with E-state index in [1.165, 1.54) is 25.4 Å². The zero-order valence-electron chi connectivity index (χ0n) is 16.2. The van der Waals surface area contributed by atoms with Crippen LogP contribution in [0.3, 0.4) is 0 Å². The van der Waals surface area contributed by atoms with E-state index < -0.39 is 28.9 Å². The number of rotatable bonds is 6. The molecule has 0 aliphatic carbocycles. The largest absolute Gasteiger partial charge is 0.505 e. The van der Waals surface area contributed by atoms with Crippen molar-refractivity contribution in [1.29, 1.82) is 0 Å². The van der Waals surface area contributed by atoms with Crippen molar-refractivity contribution in [1.82, 2.24) is 14.8 Å². The normalized spacial score (nSPS) is 10.3. The molecule has 0 radical (unpaired) electrons. The Balaban J connectivity index is 1.95. The Morgan fingerprint density at radius 3 is 2.70 bits per heavy atom. The van der Waals surface area contributed by atoms with Crippen molar-refractivity contribution in [2.24, 2.45) is 0 Å². The van der Waals surface area contributed by atoms with E-state index in [2.05, 4.69) is 15.4 Å². The predicted octanol–water partition coefficient (Wildman–Crippen LogP) is 1.77. The summed E-state index contributed by atoms with van der Waals surface area (Å²) >= 11 is 0. The lowest BCUT2D eigenvalue weighted by atomic mass is 10.2.